The minimum absolute atomic E-state index is 0.0420. The van der Waals surface area contributed by atoms with Gasteiger partial charge in [0.1, 0.15) is 4.90 Å². The molecule has 6 heteroatoms. The summed E-state index contributed by atoms with van der Waals surface area (Å²) in [5.41, 5.74) is 1.00. The summed E-state index contributed by atoms with van der Waals surface area (Å²) in [5, 5.41) is 3.26. The summed E-state index contributed by atoms with van der Waals surface area (Å²) in [7, 11) is -3.43. The molecule has 0 bridgehead atoms. The van der Waals surface area contributed by atoms with E-state index in [4.69, 9.17) is 0 Å². The topological polar surface area (TPSA) is 54.3 Å². The van der Waals surface area contributed by atoms with Gasteiger partial charge in [-0.2, -0.15) is 4.31 Å². The van der Waals surface area contributed by atoms with E-state index in [1.54, 1.807) is 12.3 Å². The highest BCUT2D eigenvalue weighted by Gasteiger charge is 2.27. The van der Waals surface area contributed by atoms with Crippen molar-refractivity contribution in [3.63, 3.8) is 0 Å². The third kappa shape index (κ3) is 4.08. The second-order valence-corrected chi connectivity index (χ2v) is 7.64. The summed E-state index contributed by atoms with van der Waals surface area (Å²) in [6, 6.07) is 1.99. The summed E-state index contributed by atoms with van der Waals surface area (Å²) >= 11 is 0. The van der Waals surface area contributed by atoms with E-state index in [1.807, 2.05) is 32.3 Å². The molecule has 0 aliphatic heterocycles. The molecule has 1 rings (SSSR count). The van der Waals surface area contributed by atoms with Crippen LogP contribution in [-0.2, 0) is 16.6 Å². The van der Waals surface area contributed by atoms with E-state index < -0.39 is 10.0 Å². The Hall–Kier alpha value is -0.850. The molecule has 1 N–H and O–H groups in total. The van der Waals surface area contributed by atoms with Crippen molar-refractivity contribution in [1.82, 2.24) is 14.2 Å². The largest absolute Gasteiger partial charge is 0.346 e. The number of nitrogens with zero attached hydrogens (tertiary/aromatic N) is 2. The second-order valence-electron chi connectivity index (χ2n) is 5.75. The van der Waals surface area contributed by atoms with Crippen LogP contribution >= 0.6 is 0 Å². The smallest absolute Gasteiger partial charge is 0.244 e. The highest BCUT2D eigenvalue weighted by Crippen LogP contribution is 2.23. The average Bonchev–Trinajstić information content (AvgIpc) is 2.81. The van der Waals surface area contributed by atoms with Gasteiger partial charge in [-0.15, -0.1) is 0 Å². The molecule has 0 unspecified atom stereocenters. The lowest BCUT2D eigenvalue weighted by molar-refractivity contribution is 0.369. The Morgan fingerprint density at radius 2 is 1.86 bits per heavy atom. The molecule has 0 amide bonds. The molecule has 0 fully saturated rings. The first kappa shape index (κ1) is 18.2. The summed E-state index contributed by atoms with van der Waals surface area (Å²) in [6.07, 6.45) is 1.76. The van der Waals surface area contributed by atoms with Gasteiger partial charge in [0.15, 0.2) is 0 Å². The molecule has 1 heterocycles. The van der Waals surface area contributed by atoms with Crippen molar-refractivity contribution in [2.75, 3.05) is 13.1 Å². The van der Waals surface area contributed by atoms with Crippen LogP contribution < -0.4 is 5.32 Å². The minimum atomic E-state index is -3.43. The van der Waals surface area contributed by atoms with E-state index in [-0.39, 0.29) is 12.1 Å². The minimum Gasteiger partial charge on any atom is -0.346 e. The molecule has 0 aromatic carbocycles. The number of rotatable bonds is 8. The normalized spacial score (nSPS) is 12.8. The molecule has 0 aliphatic rings. The molecular formula is C15H29N3O2S. The second kappa shape index (κ2) is 7.42. The van der Waals surface area contributed by atoms with Gasteiger partial charge in [0.2, 0.25) is 10.0 Å². The highest BCUT2D eigenvalue weighted by atomic mass is 32.2. The number of nitrogens with one attached hydrogen (secondary N) is 1. The van der Waals surface area contributed by atoms with E-state index in [1.165, 1.54) is 4.31 Å². The first-order chi connectivity index (χ1) is 9.75. The zero-order chi connectivity index (χ0) is 16.2. The van der Waals surface area contributed by atoms with Gasteiger partial charge in [-0.3, -0.25) is 0 Å². The Balaban J connectivity index is 3.24. The molecule has 1 aromatic rings. The van der Waals surface area contributed by atoms with Crippen molar-refractivity contribution >= 4 is 10.0 Å². The summed E-state index contributed by atoms with van der Waals surface area (Å²) < 4.78 is 29.1. The number of aromatic nitrogens is 1. The number of sulfonamides is 1. The van der Waals surface area contributed by atoms with Crippen molar-refractivity contribution in [3.05, 3.63) is 18.0 Å². The van der Waals surface area contributed by atoms with Crippen molar-refractivity contribution < 1.29 is 8.42 Å². The third-order valence-electron chi connectivity index (χ3n) is 3.51. The first-order valence-corrected chi connectivity index (χ1v) is 9.12. The Morgan fingerprint density at radius 1 is 1.24 bits per heavy atom. The van der Waals surface area contributed by atoms with Crippen LogP contribution in [0.15, 0.2) is 17.2 Å². The van der Waals surface area contributed by atoms with Gasteiger partial charge >= 0.3 is 0 Å². The van der Waals surface area contributed by atoms with Gasteiger partial charge < -0.3 is 9.88 Å². The summed E-state index contributed by atoms with van der Waals surface area (Å²) in [4.78, 5) is 0.389. The Labute approximate surface area is 129 Å². The molecule has 5 nitrogen and oxygen atoms in total. The van der Waals surface area contributed by atoms with Crippen LogP contribution in [0.5, 0.6) is 0 Å². The van der Waals surface area contributed by atoms with Crippen LogP contribution in [-0.4, -0.2) is 36.4 Å². The van der Waals surface area contributed by atoms with Gasteiger partial charge in [0, 0.05) is 37.1 Å². The quantitative estimate of drug-likeness (QED) is 0.802. The number of hydrogen-bond acceptors (Lipinski definition) is 3. The lowest BCUT2D eigenvalue weighted by Crippen LogP contribution is -2.36. The number of hydrogen-bond donors (Lipinski definition) is 1. The Bertz CT molecular complexity index is 547. The molecule has 1 aromatic heterocycles. The van der Waals surface area contributed by atoms with E-state index in [0.717, 1.165) is 12.2 Å². The van der Waals surface area contributed by atoms with Crippen LogP contribution in [0, 0.1) is 0 Å². The first-order valence-electron chi connectivity index (χ1n) is 7.68. The fourth-order valence-electron chi connectivity index (χ4n) is 2.46. The van der Waals surface area contributed by atoms with E-state index in [9.17, 15) is 8.42 Å². The van der Waals surface area contributed by atoms with Crippen molar-refractivity contribution in [2.24, 2.45) is 0 Å². The maximum absolute atomic E-state index is 12.8. The van der Waals surface area contributed by atoms with Gasteiger partial charge in [-0.1, -0.05) is 13.8 Å². The molecule has 0 spiro atoms. The standard InChI is InChI=1S/C15H29N3O2S/c1-7-16-10-14-9-15(11-17(14)12(3)4)21(19,20)18(8-2)13(5)6/h9,11-13,16H,7-8,10H2,1-6H3. The van der Waals surface area contributed by atoms with Crippen molar-refractivity contribution in [3.8, 4) is 0 Å². The van der Waals surface area contributed by atoms with Gasteiger partial charge in [0.05, 0.1) is 0 Å². The van der Waals surface area contributed by atoms with E-state index >= 15 is 0 Å². The maximum Gasteiger partial charge on any atom is 0.244 e. The molecular weight excluding hydrogens is 286 g/mol. The Morgan fingerprint density at radius 3 is 2.29 bits per heavy atom. The van der Waals surface area contributed by atoms with E-state index in [2.05, 4.69) is 19.2 Å². The SMILES string of the molecule is CCNCc1cc(S(=O)(=O)N(CC)C(C)C)cn1C(C)C. The predicted octanol–water partition coefficient (Wildman–Crippen LogP) is 2.60. The third-order valence-corrected chi connectivity index (χ3v) is 5.63. The van der Waals surface area contributed by atoms with Crippen LogP contribution in [0.25, 0.3) is 0 Å². The zero-order valence-electron chi connectivity index (χ0n) is 14.0. The Kier molecular flexibility index (Phi) is 6.43. The lowest BCUT2D eigenvalue weighted by atomic mass is 10.3. The van der Waals surface area contributed by atoms with Crippen LogP contribution in [0.1, 0.15) is 53.3 Å². The molecule has 0 saturated heterocycles. The summed E-state index contributed by atoms with van der Waals surface area (Å²) in [6.45, 7) is 13.9. The fraction of sp³-hybridized carbons (Fsp3) is 0.733. The zero-order valence-corrected chi connectivity index (χ0v) is 14.9. The average molecular weight is 315 g/mol. The van der Waals surface area contributed by atoms with Gasteiger partial charge in [0.25, 0.3) is 0 Å². The van der Waals surface area contributed by atoms with Gasteiger partial charge in [-0.05, 0) is 40.3 Å². The molecule has 0 aliphatic carbocycles. The van der Waals surface area contributed by atoms with Crippen LogP contribution in [0.2, 0.25) is 0 Å². The van der Waals surface area contributed by atoms with Gasteiger partial charge in [-0.25, -0.2) is 8.42 Å². The molecule has 0 atom stereocenters. The highest BCUT2D eigenvalue weighted by molar-refractivity contribution is 7.89. The predicted molar refractivity (Wildman–Crippen MR) is 86.9 cm³/mol. The molecule has 0 saturated carbocycles. The van der Waals surface area contributed by atoms with Crippen LogP contribution in [0.4, 0.5) is 0 Å². The van der Waals surface area contributed by atoms with E-state index in [0.29, 0.717) is 18.0 Å². The lowest BCUT2D eigenvalue weighted by Gasteiger charge is -2.23. The fourth-order valence-corrected chi connectivity index (χ4v) is 4.16. The molecule has 0 radical (unpaired) electrons. The van der Waals surface area contributed by atoms with Crippen molar-refractivity contribution in [2.45, 2.75) is 65.1 Å². The maximum atomic E-state index is 12.8. The van der Waals surface area contributed by atoms with Crippen molar-refractivity contribution in [1.29, 1.82) is 0 Å². The molecule has 122 valence electrons. The molecule has 21 heavy (non-hydrogen) atoms. The van der Waals surface area contributed by atoms with Crippen LogP contribution in [0.3, 0.4) is 0 Å². The summed E-state index contributed by atoms with van der Waals surface area (Å²) in [5.74, 6) is 0. The monoisotopic (exact) mass is 315 g/mol.